The van der Waals surface area contributed by atoms with E-state index in [1.54, 1.807) is 0 Å². The molecule has 2 heterocycles. The highest BCUT2D eigenvalue weighted by atomic mass is 16.5. The number of likely N-dealkylation sites (N-methyl/N-ethyl adjacent to an activating group) is 1. The smallest absolute Gasteiger partial charge is 0.249 e. The molecule has 0 unspecified atom stereocenters. The summed E-state index contributed by atoms with van der Waals surface area (Å²) in [6, 6.07) is 15.7. The molecule has 0 spiro atoms. The first-order valence-electron chi connectivity index (χ1n) is 9.16. The van der Waals surface area contributed by atoms with Gasteiger partial charge in [0.1, 0.15) is 6.61 Å². The molecular weight excluding hydrogens is 336 g/mol. The first-order valence-corrected chi connectivity index (χ1v) is 9.16. The molecule has 136 valence electrons. The Labute approximate surface area is 159 Å². The van der Waals surface area contributed by atoms with Crippen molar-refractivity contribution in [2.75, 3.05) is 25.9 Å². The number of hydrogen-bond donors (Lipinski definition) is 1. The van der Waals surface area contributed by atoms with Gasteiger partial charge in [-0.15, -0.1) is 0 Å². The summed E-state index contributed by atoms with van der Waals surface area (Å²) in [5.41, 5.74) is 9.48. The molecule has 0 aliphatic carbocycles. The van der Waals surface area contributed by atoms with Crippen LogP contribution in [0.15, 0.2) is 48.5 Å². The second-order valence-corrected chi connectivity index (χ2v) is 6.83. The number of likely N-dealkylation sites (tertiary alicyclic amines) is 1. The maximum Gasteiger partial charge on any atom is 0.249 e. The zero-order valence-electron chi connectivity index (χ0n) is 15.4. The number of fused-ring (bicyclic) bond motifs is 1. The van der Waals surface area contributed by atoms with Crippen LogP contribution in [0.3, 0.4) is 0 Å². The van der Waals surface area contributed by atoms with E-state index in [2.05, 4.69) is 33.8 Å². The van der Waals surface area contributed by atoms with Crippen molar-refractivity contribution >= 4 is 16.7 Å². The van der Waals surface area contributed by atoms with Crippen LogP contribution in [-0.4, -0.2) is 41.1 Å². The first-order chi connectivity index (χ1) is 13.2. The third-order valence-corrected chi connectivity index (χ3v) is 4.84. The Morgan fingerprint density at radius 1 is 1.11 bits per heavy atom. The minimum atomic E-state index is 0.406. The maximum atomic E-state index is 6.07. The molecule has 2 aromatic carbocycles. The molecule has 5 heteroatoms. The van der Waals surface area contributed by atoms with E-state index in [0.29, 0.717) is 29.9 Å². The number of aromatic nitrogens is 2. The van der Waals surface area contributed by atoms with Crippen LogP contribution >= 0.6 is 0 Å². The standard InChI is InChI=1S/C22H22N4O/c1-26-13-5-8-18(26)15-27-22-20(11-9-16-6-3-2-4-7-16)24-21-14-17(23)10-12-19(21)25-22/h2-4,6-7,10,12,14,18H,5,8,13,15,23H2,1H3/t18-/m0/s1. The highest BCUT2D eigenvalue weighted by molar-refractivity contribution is 5.79. The van der Waals surface area contributed by atoms with Crippen molar-refractivity contribution < 1.29 is 4.74 Å². The summed E-state index contributed by atoms with van der Waals surface area (Å²) >= 11 is 0. The molecule has 4 rings (SSSR count). The van der Waals surface area contributed by atoms with E-state index >= 15 is 0 Å². The molecule has 1 aliphatic heterocycles. The van der Waals surface area contributed by atoms with Gasteiger partial charge in [0.15, 0.2) is 5.69 Å². The largest absolute Gasteiger partial charge is 0.474 e. The van der Waals surface area contributed by atoms with Gasteiger partial charge in [-0.3, -0.25) is 0 Å². The molecule has 27 heavy (non-hydrogen) atoms. The summed E-state index contributed by atoms with van der Waals surface area (Å²) in [5.74, 6) is 6.75. The van der Waals surface area contributed by atoms with Gasteiger partial charge in [-0.25, -0.2) is 9.97 Å². The summed E-state index contributed by atoms with van der Waals surface area (Å²) in [5, 5.41) is 0. The zero-order chi connectivity index (χ0) is 18.6. The minimum Gasteiger partial charge on any atom is -0.474 e. The van der Waals surface area contributed by atoms with E-state index in [4.69, 9.17) is 10.5 Å². The molecule has 1 atom stereocenters. The molecule has 0 bridgehead atoms. The summed E-state index contributed by atoms with van der Waals surface area (Å²) in [6.07, 6.45) is 2.34. The first kappa shape index (κ1) is 17.3. The van der Waals surface area contributed by atoms with Crippen LogP contribution in [0, 0.1) is 11.8 Å². The van der Waals surface area contributed by atoms with Gasteiger partial charge in [0.25, 0.3) is 0 Å². The maximum absolute atomic E-state index is 6.07. The Bertz CT molecular complexity index is 1010. The van der Waals surface area contributed by atoms with E-state index in [1.165, 1.54) is 6.42 Å². The lowest BCUT2D eigenvalue weighted by atomic mass is 10.2. The minimum absolute atomic E-state index is 0.406. The van der Waals surface area contributed by atoms with Crippen LogP contribution in [-0.2, 0) is 0 Å². The molecule has 0 amide bonds. The lowest BCUT2D eigenvalue weighted by Gasteiger charge is -2.19. The molecule has 2 N–H and O–H groups in total. The molecule has 3 aromatic rings. The monoisotopic (exact) mass is 358 g/mol. The molecule has 1 saturated heterocycles. The fraction of sp³-hybridized carbons (Fsp3) is 0.273. The van der Waals surface area contributed by atoms with Gasteiger partial charge >= 0.3 is 0 Å². The number of hydrogen-bond acceptors (Lipinski definition) is 5. The molecule has 5 nitrogen and oxygen atoms in total. The Hall–Kier alpha value is -3.10. The van der Waals surface area contributed by atoms with Gasteiger partial charge in [-0.2, -0.15) is 0 Å². The molecule has 0 saturated carbocycles. The second-order valence-electron chi connectivity index (χ2n) is 6.83. The second kappa shape index (κ2) is 7.65. The number of nitrogen functional groups attached to an aromatic ring is 1. The number of benzene rings is 2. The van der Waals surface area contributed by atoms with Crippen molar-refractivity contribution in [1.82, 2.24) is 14.9 Å². The van der Waals surface area contributed by atoms with Gasteiger partial charge in [-0.1, -0.05) is 24.1 Å². The normalized spacial score (nSPS) is 16.9. The van der Waals surface area contributed by atoms with Crippen molar-refractivity contribution in [3.63, 3.8) is 0 Å². The summed E-state index contributed by atoms with van der Waals surface area (Å²) in [6.45, 7) is 1.70. The van der Waals surface area contributed by atoms with Gasteiger partial charge in [0.05, 0.1) is 11.0 Å². The number of ether oxygens (including phenoxy) is 1. The third kappa shape index (κ3) is 4.02. The van der Waals surface area contributed by atoms with Crippen LogP contribution in [0.5, 0.6) is 5.88 Å². The van der Waals surface area contributed by atoms with Gasteiger partial charge in [0, 0.05) is 17.3 Å². The Kier molecular flexibility index (Phi) is 4.91. The van der Waals surface area contributed by atoms with Gasteiger partial charge in [-0.05, 0) is 62.7 Å². The van der Waals surface area contributed by atoms with Crippen molar-refractivity contribution in [2.24, 2.45) is 0 Å². The highest BCUT2D eigenvalue weighted by Crippen LogP contribution is 2.22. The molecule has 1 aromatic heterocycles. The fourth-order valence-electron chi connectivity index (χ4n) is 3.26. The predicted octanol–water partition coefficient (Wildman–Crippen LogP) is 3.08. The van der Waals surface area contributed by atoms with E-state index in [9.17, 15) is 0 Å². The number of nitrogens with zero attached hydrogens (tertiary/aromatic N) is 3. The predicted molar refractivity (Wildman–Crippen MR) is 108 cm³/mol. The van der Waals surface area contributed by atoms with E-state index < -0.39 is 0 Å². The number of nitrogens with two attached hydrogens (primary N) is 1. The van der Waals surface area contributed by atoms with Gasteiger partial charge < -0.3 is 15.4 Å². The molecule has 1 aliphatic rings. The van der Waals surface area contributed by atoms with Crippen LogP contribution in [0.1, 0.15) is 24.1 Å². The topological polar surface area (TPSA) is 64.3 Å². The Balaban J connectivity index is 1.68. The number of rotatable bonds is 3. The van der Waals surface area contributed by atoms with Crippen molar-refractivity contribution in [1.29, 1.82) is 0 Å². The third-order valence-electron chi connectivity index (χ3n) is 4.84. The lowest BCUT2D eigenvalue weighted by Crippen LogP contribution is -2.30. The molecular formula is C22H22N4O. The quantitative estimate of drug-likeness (QED) is 0.576. The highest BCUT2D eigenvalue weighted by Gasteiger charge is 2.22. The average Bonchev–Trinajstić information content (AvgIpc) is 3.10. The average molecular weight is 358 g/mol. The van der Waals surface area contributed by atoms with Crippen LogP contribution in [0.4, 0.5) is 5.69 Å². The summed E-state index contributed by atoms with van der Waals surface area (Å²) in [4.78, 5) is 11.6. The van der Waals surface area contributed by atoms with Crippen molar-refractivity contribution in [2.45, 2.75) is 18.9 Å². The van der Waals surface area contributed by atoms with Gasteiger partial charge in [0.2, 0.25) is 5.88 Å². The molecule has 0 radical (unpaired) electrons. The van der Waals surface area contributed by atoms with E-state index in [0.717, 1.165) is 29.6 Å². The van der Waals surface area contributed by atoms with E-state index in [1.807, 2.05) is 48.5 Å². The Morgan fingerprint density at radius 2 is 1.96 bits per heavy atom. The zero-order valence-corrected chi connectivity index (χ0v) is 15.4. The Morgan fingerprint density at radius 3 is 2.74 bits per heavy atom. The van der Waals surface area contributed by atoms with E-state index in [-0.39, 0.29) is 0 Å². The molecule has 1 fully saturated rings. The lowest BCUT2D eigenvalue weighted by molar-refractivity contribution is 0.193. The fourth-order valence-corrected chi connectivity index (χ4v) is 3.26. The summed E-state index contributed by atoms with van der Waals surface area (Å²) < 4.78 is 6.07. The number of anilines is 1. The SMILES string of the molecule is CN1CCC[C@H]1COc1nc2ccc(N)cc2nc1C#Cc1ccccc1. The van der Waals surface area contributed by atoms with Crippen molar-refractivity contribution in [3.05, 3.63) is 59.8 Å². The van der Waals surface area contributed by atoms with Crippen molar-refractivity contribution in [3.8, 4) is 17.7 Å². The van der Waals surface area contributed by atoms with Crippen LogP contribution in [0.2, 0.25) is 0 Å². The summed E-state index contributed by atoms with van der Waals surface area (Å²) in [7, 11) is 2.13. The van der Waals surface area contributed by atoms with Crippen LogP contribution in [0.25, 0.3) is 11.0 Å². The van der Waals surface area contributed by atoms with Crippen LogP contribution < -0.4 is 10.5 Å².